The number of hydrogen-bond acceptors (Lipinski definition) is 5. The van der Waals surface area contributed by atoms with E-state index in [1.54, 1.807) is 32.3 Å². The normalized spacial score (nSPS) is 19.7. The Labute approximate surface area is 161 Å². The van der Waals surface area contributed by atoms with Crippen LogP contribution in [-0.2, 0) is 14.3 Å². The summed E-state index contributed by atoms with van der Waals surface area (Å²) < 4.78 is 15.8. The molecule has 7 heteroatoms. The summed E-state index contributed by atoms with van der Waals surface area (Å²) in [5, 5.41) is 2.98. The van der Waals surface area contributed by atoms with E-state index < -0.39 is 0 Å². The largest absolute Gasteiger partial charge is 0.497 e. The van der Waals surface area contributed by atoms with Gasteiger partial charge < -0.3 is 24.4 Å². The molecule has 2 rings (SSSR count). The lowest BCUT2D eigenvalue weighted by Crippen LogP contribution is -2.48. The number of rotatable bonds is 9. The van der Waals surface area contributed by atoms with Crippen molar-refractivity contribution in [3.8, 4) is 11.5 Å². The maximum Gasteiger partial charge on any atom is 0.225 e. The Kier molecular flexibility index (Phi) is 7.91. The highest BCUT2D eigenvalue weighted by Gasteiger charge is 2.41. The standard InChI is InChI=1S/C20H30N2O5/c1-5-22-18(23)10-9-16(20(24)21-11-6-12-25-2)19(22)15-8-7-14(26-3)13-17(15)27-4/h7-8,13,16,19H,5-6,9-12H2,1-4H3,(H,21,24)/t16-,19+/m1/s1. The molecule has 0 spiro atoms. The zero-order valence-corrected chi connectivity index (χ0v) is 16.6. The molecule has 1 N–H and O–H groups in total. The smallest absolute Gasteiger partial charge is 0.225 e. The molecule has 1 fully saturated rings. The van der Waals surface area contributed by atoms with E-state index in [-0.39, 0.29) is 23.8 Å². The zero-order valence-electron chi connectivity index (χ0n) is 16.6. The second-order valence-corrected chi connectivity index (χ2v) is 6.52. The monoisotopic (exact) mass is 378 g/mol. The average Bonchev–Trinajstić information content (AvgIpc) is 2.70. The summed E-state index contributed by atoms with van der Waals surface area (Å²) in [7, 11) is 4.81. The summed E-state index contributed by atoms with van der Waals surface area (Å²) in [4.78, 5) is 27.2. The molecule has 0 aliphatic carbocycles. The van der Waals surface area contributed by atoms with Crippen molar-refractivity contribution in [1.82, 2.24) is 10.2 Å². The zero-order chi connectivity index (χ0) is 19.8. The summed E-state index contributed by atoms with van der Waals surface area (Å²) in [5.74, 6) is 0.974. The molecule has 7 nitrogen and oxygen atoms in total. The molecule has 150 valence electrons. The maximum absolute atomic E-state index is 12.9. The van der Waals surface area contributed by atoms with Gasteiger partial charge >= 0.3 is 0 Å². The van der Waals surface area contributed by atoms with Crippen LogP contribution < -0.4 is 14.8 Å². The Morgan fingerprint density at radius 2 is 2.04 bits per heavy atom. The number of amides is 2. The number of carbonyl (C=O) groups is 2. The number of nitrogens with zero attached hydrogens (tertiary/aromatic N) is 1. The number of benzene rings is 1. The molecule has 1 aromatic rings. The van der Waals surface area contributed by atoms with Crippen molar-refractivity contribution in [1.29, 1.82) is 0 Å². The first-order valence-corrected chi connectivity index (χ1v) is 9.35. The molecule has 0 aromatic heterocycles. The highest BCUT2D eigenvalue weighted by molar-refractivity contribution is 5.85. The van der Waals surface area contributed by atoms with E-state index in [4.69, 9.17) is 14.2 Å². The molecule has 1 saturated heterocycles. The van der Waals surface area contributed by atoms with E-state index in [1.165, 1.54) is 0 Å². The molecule has 0 saturated carbocycles. The highest BCUT2D eigenvalue weighted by Crippen LogP contribution is 2.41. The molecular formula is C20H30N2O5. The van der Waals surface area contributed by atoms with Crippen LogP contribution in [0.5, 0.6) is 11.5 Å². The van der Waals surface area contributed by atoms with Gasteiger partial charge in [0.2, 0.25) is 11.8 Å². The number of hydrogen-bond donors (Lipinski definition) is 1. The number of carbonyl (C=O) groups excluding carboxylic acids is 2. The van der Waals surface area contributed by atoms with Crippen molar-refractivity contribution in [3.63, 3.8) is 0 Å². The van der Waals surface area contributed by atoms with Gasteiger partial charge in [-0.3, -0.25) is 9.59 Å². The fourth-order valence-corrected chi connectivity index (χ4v) is 3.61. The van der Waals surface area contributed by atoms with Gasteiger partial charge in [0.05, 0.1) is 26.2 Å². The maximum atomic E-state index is 12.9. The van der Waals surface area contributed by atoms with Crippen LogP contribution in [0.2, 0.25) is 0 Å². The molecule has 2 atom stereocenters. The third-order valence-electron chi connectivity index (χ3n) is 4.97. The van der Waals surface area contributed by atoms with Crippen molar-refractivity contribution >= 4 is 11.8 Å². The third-order valence-corrected chi connectivity index (χ3v) is 4.97. The summed E-state index contributed by atoms with van der Waals surface area (Å²) in [5.41, 5.74) is 0.824. The quantitative estimate of drug-likeness (QED) is 0.667. The molecule has 27 heavy (non-hydrogen) atoms. The minimum absolute atomic E-state index is 0.0417. The van der Waals surface area contributed by atoms with E-state index >= 15 is 0 Å². The predicted octanol–water partition coefficient (Wildman–Crippen LogP) is 2.16. The Balaban J connectivity index is 2.33. The topological polar surface area (TPSA) is 77.1 Å². The van der Waals surface area contributed by atoms with Crippen LogP contribution >= 0.6 is 0 Å². The van der Waals surface area contributed by atoms with Crippen molar-refractivity contribution in [2.75, 3.05) is 41.0 Å². The van der Waals surface area contributed by atoms with Crippen molar-refractivity contribution in [2.45, 2.75) is 32.2 Å². The van der Waals surface area contributed by atoms with Gasteiger partial charge in [0, 0.05) is 44.9 Å². The first-order valence-electron chi connectivity index (χ1n) is 9.35. The Morgan fingerprint density at radius 1 is 1.26 bits per heavy atom. The lowest BCUT2D eigenvalue weighted by atomic mass is 9.83. The first-order chi connectivity index (χ1) is 13.1. The van der Waals surface area contributed by atoms with Crippen LogP contribution in [0.25, 0.3) is 0 Å². The van der Waals surface area contributed by atoms with Crippen LogP contribution in [0.4, 0.5) is 0 Å². The van der Waals surface area contributed by atoms with E-state index in [9.17, 15) is 9.59 Å². The SMILES string of the molecule is CCN1C(=O)CC[C@@H](C(=O)NCCCOC)[C@@H]1c1ccc(OC)cc1OC. The number of methoxy groups -OCH3 is 3. The Bertz CT molecular complexity index is 649. The first kappa shape index (κ1) is 21.0. The van der Waals surface area contributed by atoms with Gasteiger partial charge in [0.25, 0.3) is 0 Å². The molecule has 1 aliphatic heterocycles. The fraction of sp³-hybridized carbons (Fsp3) is 0.600. The van der Waals surface area contributed by atoms with E-state index in [0.29, 0.717) is 44.0 Å². The van der Waals surface area contributed by atoms with Gasteiger partial charge in [-0.15, -0.1) is 0 Å². The molecule has 0 bridgehead atoms. The summed E-state index contributed by atoms with van der Waals surface area (Å²) in [6, 6.07) is 5.14. The van der Waals surface area contributed by atoms with Crippen molar-refractivity contribution in [3.05, 3.63) is 23.8 Å². The number of piperidine rings is 1. The number of nitrogens with one attached hydrogen (secondary N) is 1. The molecular weight excluding hydrogens is 348 g/mol. The lowest BCUT2D eigenvalue weighted by molar-refractivity contribution is -0.143. The predicted molar refractivity (Wildman–Crippen MR) is 102 cm³/mol. The minimum Gasteiger partial charge on any atom is -0.497 e. The Hall–Kier alpha value is -2.28. The molecule has 1 heterocycles. The third kappa shape index (κ3) is 4.91. The van der Waals surface area contributed by atoms with Gasteiger partial charge in [0.15, 0.2) is 0 Å². The fourth-order valence-electron chi connectivity index (χ4n) is 3.61. The average molecular weight is 378 g/mol. The van der Waals surface area contributed by atoms with Crippen LogP contribution in [0.1, 0.15) is 37.8 Å². The van der Waals surface area contributed by atoms with Crippen molar-refractivity contribution in [2.24, 2.45) is 5.92 Å². The minimum atomic E-state index is -0.362. The van der Waals surface area contributed by atoms with Crippen LogP contribution in [-0.4, -0.2) is 57.7 Å². The van der Waals surface area contributed by atoms with Gasteiger partial charge in [-0.1, -0.05) is 0 Å². The van der Waals surface area contributed by atoms with Crippen LogP contribution in [0.15, 0.2) is 18.2 Å². The summed E-state index contributed by atoms with van der Waals surface area (Å²) >= 11 is 0. The summed E-state index contributed by atoms with van der Waals surface area (Å²) in [6.07, 6.45) is 1.65. The highest BCUT2D eigenvalue weighted by atomic mass is 16.5. The lowest BCUT2D eigenvalue weighted by Gasteiger charge is -2.40. The van der Waals surface area contributed by atoms with Gasteiger partial charge in [-0.2, -0.15) is 0 Å². The molecule has 1 aliphatic rings. The van der Waals surface area contributed by atoms with E-state index in [0.717, 1.165) is 12.0 Å². The van der Waals surface area contributed by atoms with Gasteiger partial charge in [0.1, 0.15) is 11.5 Å². The van der Waals surface area contributed by atoms with E-state index in [1.807, 2.05) is 19.1 Å². The van der Waals surface area contributed by atoms with Crippen molar-refractivity contribution < 1.29 is 23.8 Å². The summed E-state index contributed by atoms with van der Waals surface area (Å²) in [6.45, 7) is 3.61. The molecule has 0 radical (unpaired) electrons. The van der Waals surface area contributed by atoms with Crippen LogP contribution in [0.3, 0.4) is 0 Å². The second kappa shape index (κ2) is 10.2. The molecule has 2 amide bonds. The van der Waals surface area contributed by atoms with E-state index in [2.05, 4.69) is 5.32 Å². The number of ether oxygens (including phenoxy) is 3. The molecule has 1 aromatic carbocycles. The van der Waals surface area contributed by atoms with Gasteiger partial charge in [-0.25, -0.2) is 0 Å². The molecule has 0 unspecified atom stereocenters. The van der Waals surface area contributed by atoms with Crippen LogP contribution in [0, 0.1) is 5.92 Å². The number of likely N-dealkylation sites (tertiary alicyclic amines) is 1. The van der Waals surface area contributed by atoms with Gasteiger partial charge in [-0.05, 0) is 31.9 Å². The Morgan fingerprint density at radius 3 is 2.67 bits per heavy atom. The second-order valence-electron chi connectivity index (χ2n) is 6.52.